The largest absolute Gasteiger partial charge is 0.505 e. The van der Waals surface area contributed by atoms with Gasteiger partial charge in [0.25, 0.3) is 0 Å². The Labute approximate surface area is 121 Å². The van der Waals surface area contributed by atoms with Crippen LogP contribution in [0.5, 0.6) is 5.75 Å². The maximum Gasteiger partial charge on any atom is 0.318 e. The molecule has 0 heterocycles. The number of phenols is 1. The van der Waals surface area contributed by atoms with Crippen LogP contribution in [0, 0.1) is 5.82 Å². The smallest absolute Gasteiger partial charge is 0.318 e. The Morgan fingerprint density at radius 3 is 2.48 bits per heavy atom. The summed E-state index contributed by atoms with van der Waals surface area (Å²) < 4.78 is 13.2. The van der Waals surface area contributed by atoms with Gasteiger partial charge in [0.15, 0.2) is 11.6 Å². The van der Waals surface area contributed by atoms with Gasteiger partial charge in [0.2, 0.25) is 0 Å². The molecule has 0 saturated carbocycles. The summed E-state index contributed by atoms with van der Waals surface area (Å²) in [5.74, 6) is -0.984. The number of hydrogen-bond acceptors (Lipinski definition) is 3. The lowest BCUT2D eigenvalue weighted by Crippen LogP contribution is -2.24. The van der Waals surface area contributed by atoms with E-state index in [1.165, 1.54) is 13.1 Å². The monoisotopic (exact) mass is 289 g/mol. The van der Waals surface area contributed by atoms with Crippen LogP contribution >= 0.6 is 0 Å². The normalized spacial score (nSPS) is 10.0. The van der Waals surface area contributed by atoms with E-state index in [-0.39, 0.29) is 11.8 Å². The Bertz CT molecular complexity index is 629. The number of amides is 2. The Morgan fingerprint density at radius 1 is 1.14 bits per heavy atom. The van der Waals surface area contributed by atoms with Crippen LogP contribution in [-0.2, 0) is 6.54 Å². The number of para-hydroxylation sites is 1. The highest BCUT2D eigenvalue weighted by Gasteiger charge is 2.06. The molecular formula is C15H16FN3O2. The third kappa shape index (κ3) is 3.85. The Balaban J connectivity index is 1.97. The van der Waals surface area contributed by atoms with Gasteiger partial charge < -0.3 is 21.1 Å². The number of carbonyl (C=O) groups is 1. The molecule has 6 heteroatoms. The van der Waals surface area contributed by atoms with Crippen molar-refractivity contribution in [2.75, 3.05) is 17.7 Å². The van der Waals surface area contributed by atoms with Crippen molar-refractivity contribution in [2.24, 2.45) is 0 Å². The predicted molar refractivity (Wildman–Crippen MR) is 79.9 cm³/mol. The lowest BCUT2D eigenvalue weighted by molar-refractivity contribution is 0.254. The number of rotatable bonds is 4. The Hall–Kier alpha value is -2.76. The topological polar surface area (TPSA) is 73.4 Å². The summed E-state index contributed by atoms with van der Waals surface area (Å²) >= 11 is 0. The van der Waals surface area contributed by atoms with Crippen LogP contribution in [0.15, 0.2) is 42.5 Å². The van der Waals surface area contributed by atoms with Gasteiger partial charge in [-0.15, -0.1) is 0 Å². The molecule has 2 aromatic rings. The number of carbonyl (C=O) groups excluding carboxylic acids is 1. The van der Waals surface area contributed by atoms with Crippen LogP contribution < -0.4 is 16.0 Å². The number of urea groups is 1. The molecule has 0 atom stereocenters. The van der Waals surface area contributed by atoms with Crippen molar-refractivity contribution in [2.45, 2.75) is 6.54 Å². The van der Waals surface area contributed by atoms with Gasteiger partial charge in [-0.25, -0.2) is 9.18 Å². The second-order valence-electron chi connectivity index (χ2n) is 4.38. The molecular weight excluding hydrogens is 273 g/mol. The number of halogens is 1. The highest BCUT2D eigenvalue weighted by atomic mass is 19.1. The second kappa shape index (κ2) is 6.60. The predicted octanol–water partition coefficient (Wildman–Crippen LogP) is 2.89. The average Bonchev–Trinajstić information content (AvgIpc) is 2.50. The first-order valence-corrected chi connectivity index (χ1v) is 6.39. The Kier molecular flexibility index (Phi) is 4.61. The molecule has 0 aromatic heterocycles. The SMILES string of the molecule is CNC(=O)Nc1ccc(NCc2cccc(F)c2O)cc1. The summed E-state index contributed by atoms with van der Waals surface area (Å²) in [5.41, 5.74) is 1.93. The van der Waals surface area contributed by atoms with E-state index < -0.39 is 5.82 Å². The molecule has 21 heavy (non-hydrogen) atoms. The van der Waals surface area contributed by atoms with E-state index in [4.69, 9.17) is 0 Å². The molecule has 0 unspecified atom stereocenters. The molecule has 2 amide bonds. The van der Waals surface area contributed by atoms with E-state index >= 15 is 0 Å². The number of anilines is 2. The summed E-state index contributed by atoms with van der Waals surface area (Å²) in [6.07, 6.45) is 0. The van der Waals surface area contributed by atoms with E-state index in [0.29, 0.717) is 17.8 Å². The summed E-state index contributed by atoms with van der Waals surface area (Å²) in [7, 11) is 1.54. The molecule has 0 bridgehead atoms. The highest BCUT2D eigenvalue weighted by molar-refractivity contribution is 5.89. The fourth-order valence-corrected chi connectivity index (χ4v) is 1.76. The maximum absolute atomic E-state index is 13.2. The van der Waals surface area contributed by atoms with Gasteiger partial charge in [0.05, 0.1) is 0 Å². The summed E-state index contributed by atoms with van der Waals surface area (Å²) in [5, 5.41) is 17.7. The molecule has 0 radical (unpaired) electrons. The van der Waals surface area contributed by atoms with Crippen molar-refractivity contribution in [3.05, 3.63) is 53.8 Å². The van der Waals surface area contributed by atoms with Gasteiger partial charge in [-0.05, 0) is 30.3 Å². The first-order chi connectivity index (χ1) is 10.1. The fourth-order valence-electron chi connectivity index (χ4n) is 1.76. The first kappa shape index (κ1) is 14.6. The average molecular weight is 289 g/mol. The first-order valence-electron chi connectivity index (χ1n) is 6.39. The molecule has 0 saturated heterocycles. The molecule has 0 spiro atoms. The van der Waals surface area contributed by atoms with Gasteiger partial charge in [0.1, 0.15) is 0 Å². The van der Waals surface area contributed by atoms with Crippen molar-refractivity contribution in [1.29, 1.82) is 0 Å². The molecule has 0 fully saturated rings. The number of nitrogens with one attached hydrogen (secondary N) is 3. The molecule has 2 rings (SSSR count). The van der Waals surface area contributed by atoms with Crippen LogP contribution in [-0.4, -0.2) is 18.2 Å². The van der Waals surface area contributed by atoms with Gasteiger partial charge in [-0.1, -0.05) is 12.1 Å². The highest BCUT2D eigenvalue weighted by Crippen LogP contribution is 2.22. The lowest BCUT2D eigenvalue weighted by atomic mass is 10.2. The maximum atomic E-state index is 13.2. The number of hydrogen-bond donors (Lipinski definition) is 4. The van der Waals surface area contributed by atoms with Crippen LogP contribution in [0.3, 0.4) is 0 Å². The molecule has 110 valence electrons. The molecule has 2 aromatic carbocycles. The van der Waals surface area contributed by atoms with Crippen molar-refractivity contribution in [1.82, 2.24) is 5.32 Å². The molecule has 4 N–H and O–H groups in total. The number of benzene rings is 2. The van der Waals surface area contributed by atoms with Gasteiger partial charge in [0, 0.05) is 30.5 Å². The van der Waals surface area contributed by atoms with E-state index in [1.54, 1.807) is 36.4 Å². The van der Waals surface area contributed by atoms with Gasteiger partial charge >= 0.3 is 6.03 Å². The zero-order valence-corrected chi connectivity index (χ0v) is 11.5. The summed E-state index contributed by atoms with van der Waals surface area (Å²) in [6.45, 7) is 0.297. The third-order valence-corrected chi connectivity index (χ3v) is 2.92. The second-order valence-corrected chi connectivity index (χ2v) is 4.38. The standard InChI is InChI=1S/C15H16FN3O2/c1-17-15(21)19-12-7-5-11(6-8-12)18-9-10-3-2-4-13(16)14(10)20/h2-8,18,20H,9H2,1H3,(H2,17,19,21). The van der Waals surface area contributed by atoms with Gasteiger partial charge in [-0.3, -0.25) is 0 Å². The summed E-state index contributed by atoms with van der Waals surface area (Å²) in [4.78, 5) is 11.1. The fraction of sp³-hybridized carbons (Fsp3) is 0.133. The van der Waals surface area contributed by atoms with Crippen LogP contribution in [0.2, 0.25) is 0 Å². The van der Waals surface area contributed by atoms with Crippen molar-refractivity contribution in [3.63, 3.8) is 0 Å². The quantitative estimate of drug-likeness (QED) is 0.699. The minimum absolute atomic E-state index is 0.291. The minimum atomic E-state index is -0.639. The van der Waals surface area contributed by atoms with Gasteiger partial charge in [-0.2, -0.15) is 0 Å². The number of phenolic OH excluding ortho intramolecular Hbond substituents is 1. The van der Waals surface area contributed by atoms with Crippen molar-refractivity contribution >= 4 is 17.4 Å². The summed E-state index contributed by atoms with van der Waals surface area (Å²) in [6, 6.07) is 11.1. The van der Waals surface area contributed by atoms with E-state index in [9.17, 15) is 14.3 Å². The zero-order chi connectivity index (χ0) is 15.2. The van der Waals surface area contributed by atoms with Crippen molar-refractivity contribution in [3.8, 4) is 5.75 Å². The molecule has 0 aliphatic rings. The van der Waals surface area contributed by atoms with E-state index in [2.05, 4.69) is 16.0 Å². The van der Waals surface area contributed by atoms with Crippen LogP contribution in [0.4, 0.5) is 20.6 Å². The van der Waals surface area contributed by atoms with Crippen LogP contribution in [0.25, 0.3) is 0 Å². The van der Waals surface area contributed by atoms with Crippen LogP contribution in [0.1, 0.15) is 5.56 Å². The van der Waals surface area contributed by atoms with E-state index in [0.717, 1.165) is 5.69 Å². The third-order valence-electron chi connectivity index (χ3n) is 2.92. The Morgan fingerprint density at radius 2 is 1.81 bits per heavy atom. The molecule has 0 aliphatic heterocycles. The van der Waals surface area contributed by atoms with Crippen molar-refractivity contribution < 1.29 is 14.3 Å². The lowest BCUT2D eigenvalue weighted by Gasteiger charge is -2.10. The number of aromatic hydroxyl groups is 1. The minimum Gasteiger partial charge on any atom is -0.505 e. The molecule has 0 aliphatic carbocycles. The zero-order valence-electron chi connectivity index (χ0n) is 11.5. The molecule has 5 nitrogen and oxygen atoms in total. The van der Waals surface area contributed by atoms with E-state index in [1.807, 2.05) is 0 Å².